The van der Waals surface area contributed by atoms with Crippen LogP contribution in [0.15, 0.2) is 58.7 Å². The summed E-state index contributed by atoms with van der Waals surface area (Å²) in [6, 6.07) is 15.6. The Balaban J connectivity index is 1.99. The van der Waals surface area contributed by atoms with Gasteiger partial charge in [-0.25, -0.2) is 0 Å². The average molecular weight is 286 g/mol. The number of halogens is 1. The maximum absolute atomic E-state index is 5.89. The Kier molecular flexibility index (Phi) is 4.91. The van der Waals surface area contributed by atoms with E-state index in [0.29, 0.717) is 5.02 Å². The van der Waals surface area contributed by atoms with E-state index in [4.69, 9.17) is 11.6 Å². The van der Waals surface area contributed by atoms with E-state index in [2.05, 4.69) is 15.1 Å². The molecule has 2 aromatic rings. The minimum Gasteiger partial charge on any atom is -0.378 e. The van der Waals surface area contributed by atoms with Crippen molar-refractivity contribution in [2.45, 2.75) is 0 Å². The third-order valence-electron chi connectivity index (χ3n) is 2.74. The van der Waals surface area contributed by atoms with Crippen molar-refractivity contribution in [2.24, 2.45) is 10.2 Å². The lowest BCUT2D eigenvalue weighted by Gasteiger charge is -2.11. The van der Waals surface area contributed by atoms with E-state index in [-0.39, 0.29) is 0 Å². The minimum absolute atomic E-state index is 0.692. The third-order valence-corrected chi connectivity index (χ3v) is 2.97. The molecule has 0 unspecified atom stereocenters. The van der Waals surface area contributed by atoms with Gasteiger partial charge in [-0.2, -0.15) is 10.2 Å². The van der Waals surface area contributed by atoms with E-state index in [1.165, 1.54) is 0 Å². The number of rotatable bonds is 4. The standard InChI is InChI=1S/C16H16ClN3/c1-20(2)16-8-6-13(7-9-16)11-18-19-12-14-4-3-5-15(17)10-14/h3-12H,1-2H3/b18-11+,19-12+. The van der Waals surface area contributed by atoms with Crippen molar-refractivity contribution in [1.82, 2.24) is 0 Å². The molecule has 0 fully saturated rings. The Morgan fingerprint density at radius 1 is 0.900 bits per heavy atom. The van der Waals surface area contributed by atoms with Crippen LogP contribution in [0.3, 0.4) is 0 Å². The van der Waals surface area contributed by atoms with Crippen molar-refractivity contribution in [3.63, 3.8) is 0 Å². The highest BCUT2D eigenvalue weighted by molar-refractivity contribution is 6.30. The summed E-state index contributed by atoms with van der Waals surface area (Å²) in [6.45, 7) is 0. The van der Waals surface area contributed by atoms with Crippen molar-refractivity contribution in [3.8, 4) is 0 Å². The van der Waals surface area contributed by atoms with E-state index in [1.54, 1.807) is 12.4 Å². The van der Waals surface area contributed by atoms with Crippen LogP contribution in [-0.2, 0) is 0 Å². The lowest BCUT2D eigenvalue weighted by molar-refractivity contribution is 1.13. The molecule has 0 saturated carbocycles. The monoisotopic (exact) mass is 285 g/mol. The second-order valence-corrected chi connectivity index (χ2v) is 4.97. The number of hydrogen-bond donors (Lipinski definition) is 0. The van der Waals surface area contributed by atoms with Crippen molar-refractivity contribution in [1.29, 1.82) is 0 Å². The van der Waals surface area contributed by atoms with Crippen LogP contribution in [0, 0.1) is 0 Å². The zero-order chi connectivity index (χ0) is 14.4. The topological polar surface area (TPSA) is 28.0 Å². The van der Waals surface area contributed by atoms with Crippen LogP contribution in [0.4, 0.5) is 5.69 Å². The quantitative estimate of drug-likeness (QED) is 0.619. The van der Waals surface area contributed by atoms with Gasteiger partial charge in [-0.15, -0.1) is 0 Å². The Morgan fingerprint density at radius 2 is 1.55 bits per heavy atom. The summed E-state index contributed by atoms with van der Waals surface area (Å²) in [5.41, 5.74) is 3.10. The summed E-state index contributed by atoms with van der Waals surface area (Å²) in [7, 11) is 4.02. The summed E-state index contributed by atoms with van der Waals surface area (Å²) in [6.07, 6.45) is 3.40. The normalized spacial score (nSPS) is 11.3. The van der Waals surface area contributed by atoms with E-state index in [0.717, 1.165) is 16.8 Å². The largest absolute Gasteiger partial charge is 0.378 e. The molecule has 0 amide bonds. The van der Waals surface area contributed by atoms with E-state index >= 15 is 0 Å². The van der Waals surface area contributed by atoms with Crippen LogP contribution in [0.5, 0.6) is 0 Å². The van der Waals surface area contributed by atoms with Crippen LogP contribution in [0.2, 0.25) is 5.02 Å². The number of nitrogens with zero attached hydrogens (tertiary/aromatic N) is 3. The Labute approximate surface area is 124 Å². The number of hydrogen-bond acceptors (Lipinski definition) is 3. The molecule has 0 aliphatic heterocycles. The van der Waals surface area contributed by atoms with Gasteiger partial charge in [-0.3, -0.25) is 0 Å². The van der Waals surface area contributed by atoms with Crippen LogP contribution in [-0.4, -0.2) is 26.5 Å². The Hall–Kier alpha value is -2.13. The fourth-order valence-corrected chi connectivity index (χ4v) is 1.84. The molecule has 0 heterocycles. The van der Waals surface area contributed by atoms with Crippen molar-refractivity contribution < 1.29 is 0 Å². The third kappa shape index (κ3) is 4.21. The zero-order valence-electron chi connectivity index (χ0n) is 11.5. The molecule has 4 heteroatoms. The molecule has 2 rings (SSSR count). The van der Waals surface area contributed by atoms with E-state index in [9.17, 15) is 0 Å². The predicted octanol–water partition coefficient (Wildman–Crippen LogP) is 3.86. The molecule has 3 nitrogen and oxygen atoms in total. The highest BCUT2D eigenvalue weighted by Gasteiger charge is 1.93. The first kappa shape index (κ1) is 14.3. The van der Waals surface area contributed by atoms with Crippen LogP contribution >= 0.6 is 11.6 Å². The van der Waals surface area contributed by atoms with Gasteiger partial charge in [0.25, 0.3) is 0 Å². The maximum Gasteiger partial charge on any atom is 0.0568 e. The smallest absolute Gasteiger partial charge is 0.0568 e. The van der Waals surface area contributed by atoms with E-state index in [1.807, 2.05) is 62.6 Å². The molecule has 0 N–H and O–H groups in total. The van der Waals surface area contributed by atoms with Crippen LogP contribution < -0.4 is 4.90 Å². The van der Waals surface area contributed by atoms with Gasteiger partial charge in [0.2, 0.25) is 0 Å². The zero-order valence-corrected chi connectivity index (χ0v) is 12.2. The molecule has 0 aliphatic carbocycles. The summed E-state index contributed by atoms with van der Waals surface area (Å²) >= 11 is 5.89. The van der Waals surface area contributed by atoms with Gasteiger partial charge in [0, 0.05) is 24.8 Å². The second-order valence-electron chi connectivity index (χ2n) is 4.53. The predicted molar refractivity (Wildman–Crippen MR) is 87.4 cm³/mol. The first-order valence-electron chi connectivity index (χ1n) is 6.24. The van der Waals surface area contributed by atoms with Gasteiger partial charge in [0.15, 0.2) is 0 Å². The van der Waals surface area contributed by atoms with E-state index < -0.39 is 0 Å². The van der Waals surface area contributed by atoms with Gasteiger partial charge in [-0.1, -0.05) is 35.9 Å². The fourth-order valence-electron chi connectivity index (χ4n) is 1.65. The SMILES string of the molecule is CN(C)c1ccc(/C=N/N=C/c2cccc(Cl)c2)cc1. The molecular weight excluding hydrogens is 270 g/mol. The van der Waals surface area contributed by atoms with Crippen LogP contribution in [0.25, 0.3) is 0 Å². The molecule has 0 aliphatic rings. The summed E-state index contributed by atoms with van der Waals surface area (Å²) < 4.78 is 0. The molecule has 0 spiro atoms. The Bertz CT molecular complexity index is 616. The first-order chi connectivity index (χ1) is 9.65. The summed E-state index contributed by atoms with van der Waals surface area (Å²) in [5, 5.41) is 8.73. The number of benzene rings is 2. The fraction of sp³-hybridized carbons (Fsp3) is 0.125. The molecule has 0 atom stereocenters. The molecular formula is C16H16ClN3. The lowest BCUT2D eigenvalue weighted by Crippen LogP contribution is -2.08. The molecule has 0 saturated heterocycles. The maximum atomic E-state index is 5.89. The van der Waals surface area contributed by atoms with Gasteiger partial charge in [0.05, 0.1) is 12.4 Å². The lowest BCUT2D eigenvalue weighted by atomic mass is 10.2. The van der Waals surface area contributed by atoms with Gasteiger partial charge >= 0.3 is 0 Å². The minimum atomic E-state index is 0.692. The number of anilines is 1. The van der Waals surface area contributed by atoms with Crippen LogP contribution in [0.1, 0.15) is 11.1 Å². The molecule has 0 aromatic heterocycles. The molecule has 20 heavy (non-hydrogen) atoms. The summed E-state index contributed by atoms with van der Waals surface area (Å²) in [4.78, 5) is 2.05. The highest BCUT2D eigenvalue weighted by Crippen LogP contribution is 2.11. The van der Waals surface area contributed by atoms with Crippen molar-refractivity contribution >= 4 is 29.7 Å². The van der Waals surface area contributed by atoms with Crippen molar-refractivity contribution in [2.75, 3.05) is 19.0 Å². The van der Waals surface area contributed by atoms with Gasteiger partial charge in [0.1, 0.15) is 0 Å². The summed E-state index contributed by atoms with van der Waals surface area (Å²) in [5.74, 6) is 0. The molecule has 102 valence electrons. The molecule has 0 bridgehead atoms. The van der Waals surface area contributed by atoms with Gasteiger partial charge < -0.3 is 4.90 Å². The Morgan fingerprint density at radius 3 is 2.15 bits per heavy atom. The first-order valence-corrected chi connectivity index (χ1v) is 6.62. The second kappa shape index (κ2) is 6.87. The van der Waals surface area contributed by atoms with Gasteiger partial charge in [-0.05, 0) is 35.4 Å². The van der Waals surface area contributed by atoms with Crippen molar-refractivity contribution in [3.05, 3.63) is 64.7 Å². The molecule has 0 radical (unpaired) electrons. The average Bonchev–Trinajstić information content (AvgIpc) is 2.44. The molecule has 2 aromatic carbocycles. The highest BCUT2D eigenvalue weighted by atomic mass is 35.5.